The number of ether oxygens (including phenoxy) is 1. The number of benzene rings is 1. The first-order valence-corrected chi connectivity index (χ1v) is 6.80. The van der Waals surface area contributed by atoms with Crippen LogP contribution in [0.15, 0.2) is 48.8 Å². The summed E-state index contributed by atoms with van der Waals surface area (Å²) in [5, 5.41) is 0. The summed E-state index contributed by atoms with van der Waals surface area (Å²) in [6.45, 7) is 3.34. The minimum atomic E-state index is 0.251. The van der Waals surface area contributed by atoms with E-state index >= 15 is 0 Å². The summed E-state index contributed by atoms with van der Waals surface area (Å²) in [5.74, 6) is 0. The van der Waals surface area contributed by atoms with Gasteiger partial charge in [0.2, 0.25) is 0 Å². The lowest BCUT2D eigenvalue weighted by atomic mass is 10.1. The third-order valence-corrected chi connectivity index (χ3v) is 3.19. The van der Waals surface area contributed by atoms with Crippen LogP contribution in [0.1, 0.15) is 24.5 Å². The van der Waals surface area contributed by atoms with E-state index in [1.165, 1.54) is 11.1 Å². The van der Waals surface area contributed by atoms with Crippen molar-refractivity contribution in [3.8, 4) is 0 Å². The Kier molecular flexibility index (Phi) is 5.19. The molecule has 1 atom stereocenters. The topological polar surface area (TPSA) is 40.2 Å². The predicted molar refractivity (Wildman–Crippen MR) is 77.6 cm³/mol. The van der Waals surface area contributed by atoms with Gasteiger partial charge in [-0.2, -0.15) is 0 Å². The van der Waals surface area contributed by atoms with E-state index < -0.39 is 0 Å². The number of nitrogens with zero attached hydrogens (tertiary/aromatic N) is 1. The van der Waals surface area contributed by atoms with Crippen molar-refractivity contribution >= 4 is 0 Å². The zero-order valence-electron chi connectivity index (χ0n) is 11.5. The van der Waals surface area contributed by atoms with Crippen LogP contribution in [0.5, 0.6) is 0 Å². The zero-order valence-corrected chi connectivity index (χ0v) is 11.5. The molecular weight excluding hydrogens is 236 g/mol. The van der Waals surface area contributed by atoms with Gasteiger partial charge in [0.05, 0.1) is 6.61 Å². The molecule has 0 aliphatic carbocycles. The smallest absolute Gasteiger partial charge is 0.122 e. The molecule has 102 valence electrons. The van der Waals surface area contributed by atoms with Crippen LogP contribution < -0.4 is 5.73 Å². The molecule has 2 N–H and O–H groups in total. The number of rotatable bonds is 7. The summed E-state index contributed by atoms with van der Waals surface area (Å²) in [4.78, 5) is 0. The van der Waals surface area contributed by atoms with Gasteiger partial charge in [-0.05, 0) is 30.0 Å². The number of nitrogens with two attached hydrogens (primary N) is 1. The summed E-state index contributed by atoms with van der Waals surface area (Å²) in [6.07, 6.45) is 6.10. The van der Waals surface area contributed by atoms with Gasteiger partial charge in [0.1, 0.15) is 6.73 Å². The molecule has 0 fully saturated rings. The van der Waals surface area contributed by atoms with Gasteiger partial charge in [-0.1, -0.05) is 37.3 Å². The van der Waals surface area contributed by atoms with E-state index in [0.717, 1.165) is 12.8 Å². The lowest BCUT2D eigenvalue weighted by Crippen LogP contribution is -2.21. The van der Waals surface area contributed by atoms with Crippen LogP contribution >= 0.6 is 0 Å². The third kappa shape index (κ3) is 4.54. The average molecular weight is 258 g/mol. The average Bonchev–Trinajstić information content (AvgIpc) is 2.87. The zero-order chi connectivity index (χ0) is 13.5. The molecule has 2 aromatic rings. The Hall–Kier alpha value is -1.58. The maximum absolute atomic E-state index is 5.95. The van der Waals surface area contributed by atoms with Crippen molar-refractivity contribution in [3.05, 3.63) is 59.9 Å². The standard InChI is InChI=1S/C16H22N2O/c1-2-16(17)10-15-8-9-18(11-15)13-19-12-14-6-4-3-5-7-14/h3-9,11,16H,2,10,12-13,17H2,1H3. The van der Waals surface area contributed by atoms with Crippen LogP contribution in [-0.2, 0) is 24.5 Å². The maximum atomic E-state index is 5.95. The molecule has 1 aromatic carbocycles. The molecule has 2 rings (SSSR count). The van der Waals surface area contributed by atoms with Crippen molar-refractivity contribution < 1.29 is 4.74 Å². The normalized spacial score (nSPS) is 12.5. The highest BCUT2D eigenvalue weighted by molar-refractivity contribution is 5.13. The van der Waals surface area contributed by atoms with Crippen molar-refractivity contribution in [1.29, 1.82) is 0 Å². The highest BCUT2D eigenvalue weighted by atomic mass is 16.5. The fourth-order valence-electron chi connectivity index (χ4n) is 1.98. The second kappa shape index (κ2) is 7.12. The Labute approximate surface area is 115 Å². The lowest BCUT2D eigenvalue weighted by Gasteiger charge is -2.07. The van der Waals surface area contributed by atoms with Crippen molar-refractivity contribution in [1.82, 2.24) is 4.57 Å². The van der Waals surface area contributed by atoms with Gasteiger partial charge in [0, 0.05) is 18.4 Å². The second-order valence-corrected chi connectivity index (χ2v) is 4.87. The molecule has 0 aliphatic rings. The quantitative estimate of drug-likeness (QED) is 0.829. The Bertz CT molecular complexity index is 479. The fourth-order valence-corrected chi connectivity index (χ4v) is 1.98. The van der Waals surface area contributed by atoms with Crippen molar-refractivity contribution in [2.24, 2.45) is 5.73 Å². The van der Waals surface area contributed by atoms with E-state index in [1.807, 2.05) is 24.4 Å². The molecule has 1 unspecified atom stereocenters. The van der Waals surface area contributed by atoms with Gasteiger partial charge in [-0.15, -0.1) is 0 Å². The van der Waals surface area contributed by atoms with Gasteiger partial charge >= 0.3 is 0 Å². The Morgan fingerprint density at radius 2 is 1.95 bits per heavy atom. The molecule has 19 heavy (non-hydrogen) atoms. The van der Waals surface area contributed by atoms with Crippen LogP contribution in [0.4, 0.5) is 0 Å². The SMILES string of the molecule is CCC(N)Cc1ccn(COCc2ccccc2)c1. The first-order chi connectivity index (χ1) is 9.28. The highest BCUT2D eigenvalue weighted by Crippen LogP contribution is 2.07. The van der Waals surface area contributed by atoms with E-state index in [1.54, 1.807) is 0 Å². The van der Waals surface area contributed by atoms with Gasteiger partial charge in [-0.3, -0.25) is 0 Å². The predicted octanol–water partition coefficient (Wildman–Crippen LogP) is 2.94. The van der Waals surface area contributed by atoms with Gasteiger partial charge in [0.25, 0.3) is 0 Å². The molecular formula is C16H22N2O. The van der Waals surface area contributed by atoms with Crippen LogP contribution in [0, 0.1) is 0 Å². The molecule has 0 bridgehead atoms. The highest BCUT2D eigenvalue weighted by Gasteiger charge is 2.03. The van der Waals surface area contributed by atoms with E-state index in [9.17, 15) is 0 Å². The van der Waals surface area contributed by atoms with Crippen LogP contribution in [0.25, 0.3) is 0 Å². The van der Waals surface area contributed by atoms with Crippen molar-refractivity contribution in [2.45, 2.75) is 39.1 Å². The number of hydrogen-bond donors (Lipinski definition) is 1. The molecule has 0 saturated carbocycles. The molecule has 0 radical (unpaired) electrons. The number of hydrogen-bond acceptors (Lipinski definition) is 2. The first kappa shape index (κ1) is 13.8. The van der Waals surface area contributed by atoms with E-state index in [0.29, 0.717) is 13.3 Å². The van der Waals surface area contributed by atoms with Crippen LogP contribution in [-0.4, -0.2) is 10.6 Å². The lowest BCUT2D eigenvalue weighted by molar-refractivity contribution is 0.0642. The van der Waals surface area contributed by atoms with E-state index in [4.69, 9.17) is 10.5 Å². The summed E-state index contributed by atoms with van der Waals surface area (Å²) >= 11 is 0. The summed E-state index contributed by atoms with van der Waals surface area (Å²) in [7, 11) is 0. The molecule has 3 heteroatoms. The maximum Gasteiger partial charge on any atom is 0.122 e. The summed E-state index contributed by atoms with van der Waals surface area (Å²) in [6, 6.07) is 12.6. The van der Waals surface area contributed by atoms with Crippen molar-refractivity contribution in [2.75, 3.05) is 0 Å². The number of aromatic nitrogens is 1. The molecule has 1 heterocycles. The van der Waals surface area contributed by atoms with E-state index in [-0.39, 0.29) is 6.04 Å². The Morgan fingerprint density at radius 1 is 1.16 bits per heavy atom. The summed E-state index contributed by atoms with van der Waals surface area (Å²) < 4.78 is 7.74. The Balaban J connectivity index is 1.77. The molecule has 0 amide bonds. The molecule has 1 aromatic heterocycles. The van der Waals surface area contributed by atoms with Crippen LogP contribution in [0.3, 0.4) is 0 Å². The van der Waals surface area contributed by atoms with Gasteiger partial charge in [-0.25, -0.2) is 0 Å². The minimum Gasteiger partial charge on any atom is -0.356 e. The molecule has 0 spiro atoms. The fraction of sp³-hybridized carbons (Fsp3) is 0.375. The summed E-state index contributed by atoms with van der Waals surface area (Å²) in [5.41, 5.74) is 8.42. The van der Waals surface area contributed by atoms with Crippen molar-refractivity contribution in [3.63, 3.8) is 0 Å². The first-order valence-electron chi connectivity index (χ1n) is 6.80. The van der Waals surface area contributed by atoms with Crippen LogP contribution in [0.2, 0.25) is 0 Å². The van der Waals surface area contributed by atoms with E-state index in [2.05, 4.69) is 35.9 Å². The minimum absolute atomic E-state index is 0.251. The molecule has 0 saturated heterocycles. The molecule has 0 aliphatic heterocycles. The monoisotopic (exact) mass is 258 g/mol. The van der Waals surface area contributed by atoms with Gasteiger partial charge < -0.3 is 15.0 Å². The second-order valence-electron chi connectivity index (χ2n) is 4.87. The Morgan fingerprint density at radius 3 is 2.68 bits per heavy atom. The third-order valence-electron chi connectivity index (χ3n) is 3.19. The molecule has 3 nitrogen and oxygen atoms in total. The van der Waals surface area contributed by atoms with Gasteiger partial charge in [0.15, 0.2) is 0 Å². The largest absolute Gasteiger partial charge is 0.356 e.